The highest BCUT2D eigenvalue weighted by atomic mass is 32.2. The van der Waals surface area contributed by atoms with Crippen molar-refractivity contribution in [1.29, 1.82) is 0 Å². The van der Waals surface area contributed by atoms with E-state index in [4.69, 9.17) is 4.74 Å². The van der Waals surface area contributed by atoms with Crippen LogP contribution in [0.25, 0.3) is 22.6 Å². The van der Waals surface area contributed by atoms with E-state index in [9.17, 15) is 30.4 Å². The van der Waals surface area contributed by atoms with Crippen molar-refractivity contribution < 1.29 is 35.1 Å². The Morgan fingerprint density at radius 3 is 2.47 bits per heavy atom. The highest BCUT2D eigenvalue weighted by Crippen LogP contribution is 2.33. The fraction of sp³-hybridized carbons (Fsp3) is 0.353. The minimum Gasteiger partial charge on any atom is -0.486 e. The van der Waals surface area contributed by atoms with E-state index in [-0.39, 0.29) is 38.9 Å². The Hall–Kier alpha value is -2.83. The van der Waals surface area contributed by atoms with Crippen LogP contribution in [0.4, 0.5) is 22.0 Å². The maximum absolute atomic E-state index is 12.9. The van der Waals surface area contributed by atoms with Crippen LogP contribution in [0.2, 0.25) is 0 Å². The number of aryl methyl sites for hydroxylation is 1. The fourth-order valence-corrected chi connectivity index (χ4v) is 3.73. The first-order valence-corrected chi connectivity index (χ1v) is 10.1. The van der Waals surface area contributed by atoms with Gasteiger partial charge >= 0.3 is 6.18 Å². The van der Waals surface area contributed by atoms with Gasteiger partial charge in [0.05, 0.1) is 29.2 Å². The summed E-state index contributed by atoms with van der Waals surface area (Å²) in [6.07, 6.45) is -5.43. The van der Waals surface area contributed by atoms with Crippen LogP contribution >= 0.6 is 0 Å². The summed E-state index contributed by atoms with van der Waals surface area (Å²) in [5.41, 5.74) is -1.13. The second kappa shape index (κ2) is 7.78. The Morgan fingerprint density at radius 1 is 1.17 bits per heavy atom. The van der Waals surface area contributed by atoms with E-state index in [1.807, 2.05) is 0 Å². The maximum Gasteiger partial charge on any atom is 0.433 e. The summed E-state index contributed by atoms with van der Waals surface area (Å²) in [7, 11) is -2.44. The zero-order valence-electron chi connectivity index (χ0n) is 15.6. The number of pyridine rings is 2. The van der Waals surface area contributed by atoms with Crippen molar-refractivity contribution in [3.8, 4) is 17.3 Å². The minimum absolute atomic E-state index is 0.0291. The molecule has 0 aliphatic rings. The molecule has 0 aliphatic heterocycles. The number of rotatable bonds is 6. The van der Waals surface area contributed by atoms with E-state index in [0.717, 1.165) is 24.5 Å². The van der Waals surface area contributed by atoms with Gasteiger partial charge in [0.25, 0.3) is 6.43 Å². The number of sulfone groups is 1. The van der Waals surface area contributed by atoms with Crippen LogP contribution in [-0.4, -0.2) is 46.7 Å². The first-order chi connectivity index (χ1) is 13.9. The molecule has 0 fully saturated rings. The molecule has 3 aromatic heterocycles. The highest BCUT2D eigenvalue weighted by molar-refractivity contribution is 7.91. The van der Waals surface area contributed by atoms with E-state index < -0.39 is 34.7 Å². The van der Waals surface area contributed by atoms with Crippen molar-refractivity contribution in [3.05, 3.63) is 30.2 Å². The predicted molar refractivity (Wildman–Crippen MR) is 96.0 cm³/mol. The molecule has 0 aromatic carbocycles. The molecule has 0 bridgehead atoms. The van der Waals surface area contributed by atoms with Crippen molar-refractivity contribution in [1.82, 2.24) is 19.5 Å². The monoisotopic (exact) mass is 450 g/mol. The molecule has 162 valence electrons. The number of hydrogen-bond donors (Lipinski definition) is 0. The Labute approximate surface area is 167 Å². The first-order valence-electron chi connectivity index (χ1n) is 8.47. The van der Waals surface area contributed by atoms with Crippen LogP contribution in [0.15, 0.2) is 29.4 Å². The topological polar surface area (TPSA) is 87.0 Å². The number of aromatic nitrogens is 4. The van der Waals surface area contributed by atoms with Crippen molar-refractivity contribution in [2.75, 3.05) is 12.4 Å². The van der Waals surface area contributed by atoms with Gasteiger partial charge in [-0.1, -0.05) is 6.92 Å². The summed E-state index contributed by atoms with van der Waals surface area (Å²) in [5.74, 6) is -0.548. The predicted octanol–water partition coefficient (Wildman–Crippen LogP) is 3.49. The lowest BCUT2D eigenvalue weighted by molar-refractivity contribution is -0.141. The third-order valence-corrected chi connectivity index (χ3v) is 5.93. The minimum atomic E-state index is -4.68. The van der Waals surface area contributed by atoms with Crippen LogP contribution < -0.4 is 4.74 Å². The first kappa shape index (κ1) is 21.9. The quantitative estimate of drug-likeness (QED) is 0.535. The van der Waals surface area contributed by atoms with Gasteiger partial charge in [0, 0.05) is 13.1 Å². The molecular formula is C17H15F5N4O3S. The molecule has 0 N–H and O–H groups in total. The number of hydrogen-bond acceptors (Lipinski definition) is 6. The van der Waals surface area contributed by atoms with Crippen molar-refractivity contribution in [2.24, 2.45) is 7.05 Å². The number of ether oxygens (including phenoxy) is 1. The molecule has 0 saturated carbocycles. The Morgan fingerprint density at radius 2 is 1.87 bits per heavy atom. The summed E-state index contributed by atoms with van der Waals surface area (Å²) in [6.45, 7) is 0.422. The highest BCUT2D eigenvalue weighted by Gasteiger charge is 2.33. The Kier molecular flexibility index (Phi) is 5.67. The molecule has 7 nitrogen and oxygen atoms in total. The molecule has 13 heteroatoms. The number of halogens is 5. The van der Waals surface area contributed by atoms with E-state index in [1.165, 1.54) is 18.5 Å². The molecule has 3 rings (SSSR count). The Balaban J connectivity index is 2.18. The van der Waals surface area contributed by atoms with Crippen LogP contribution in [0.1, 0.15) is 12.6 Å². The summed E-state index contributed by atoms with van der Waals surface area (Å²) in [6, 6.07) is 1.79. The molecule has 3 heterocycles. The maximum atomic E-state index is 12.9. The Bertz CT molecular complexity index is 1190. The van der Waals surface area contributed by atoms with E-state index in [2.05, 4.69) is 15.0 Å². The zero-order valence-corrected chi connectivity index (χ0v) is 16.4. The molecule has 0 radical (unpaired) electrons. The number of fused-ring (bicyclic) bond motifs is 1. The van der Waals surface area contributed by atoms with Gasteiger partial charge in [-0.3, -0.25) is 0 Å². The fourth-order valence-electron chi connectivity index (χ4n) is 2.68. The van der Waals surface area contributed by atoms with Gasteiger partial charge in [0.1, 0.15) is 28.6 Å². The average Bonchev–Trinajstić information content (AvgIpc) is 3.01. The molecule has 0 saturated heterocycles. The van der Waals surface area contributed by atoms with Gasteiger partial charge in [0.2, 0.25) is 0 Å². The zero-order chi connectivity index (χ0) is 22.3. The van der Waals surface area contributed by atoms with Gasteiger partial charge in [-0.2, -0.15) is 13.2 Å². The van der Waals surface area contributed by atoms with Crippen LogP contribution in [0, 0.1) is 0 Å². The van der Waals surface area contributed by atoms with Crippen molar-refractivity contribution >= 4 is 20.9 Å². The summed E-state index contributed by atoms with van der Waals surface area (Å²) in [4.78, 5) is 11.1. The van der Waals surface area contributed by atoms with Crippen LogP contribution in [-0.2, 0) is 23.1 Å². The van der Waals surface area contributed by atoms with Gasteiger partial charge in [-0.15, -0.1) is 0 Å². The van der Waals surface area contributed by atoms with Gasteiger partial charge < -0.3 is 9.30 Å². The molecule has 0 aliphatic carbocycles. The smallest absolute Gasteiger partial charge is 0.433 e. The third-order valence-electron chi connectivity index (χ3n) is 4.19. The van der Waals surface area contributed by atoms with Gasteiger partial charge in [0.15, 0.2) is 15.7 Å². The SMILES string of the molecule is CCS(=O)(=O)c1cc(OCC(F)F)cnc1-c1nc2cc(C(F)(F)F)ncc2n1C. The van der Waals surface area contributed by atoms with E-state index in [0.29, 0.717) is 0 Å². The number of alkyl halides is 5. The number of imidazole rings is 1. The second-order valence-electron chi connectivity index (χ2n) is 6.17. The molecule has 0 spiro atoms. The van der Waals surface area contributed by atoms with Gasteiger partial charge in [-0.25, -0.2) is 32.2 Å². The molecule has 30 heavy (non-hydrogen) atoms. The van der Waals surface area contributed by atoms with Crippen LogP contribution in [0.3, 0.4) is 0 Å². The third kappa shape index (κ3) is 4.20. The van der Waals surface area contributed by atoms with Crippen molar-refractivity contribution in [2.45, 2.75) is 24.4 Å². The standard InChI is InChI=1S/C17H15F5N4O3S/c1-3-30(27,28)12-4-9(29-8-14(18)19)6-24-15(12)16-25-10-5-13(17(20,21)22)23-7-11(10)26(16)2/h4-7,14H,3,8H2,1-2H3. The second-order valence-corrected chi connectivity index (χ2v) is 8.42. The summed E-state index contributed by atoms with van der Waals surface area (Å²) >= 11 is 0. The van der Waals surface area contributed by atoms with E-state index in [1.54, 1.807) is 0 Å². The lowest BCUT2D eigenvalue weighted by atomic mass is 10.3. The lowest BCUT2D eigenvalue weighted by Gasteiger charge is -2.11. The molecular weight excluding hydrogens is 435 g/mol. The molecule has 0 amide bonds. The average molecular weight is 450 g/mol. The van der Waals surface area contributed by atoms with Crippen LogP contribution in [0.5, 0.6) is 5.75 Å². The number of nitrogens with zero attached hydrogens (tertiary/aromatic N) is 4. The van der Waals surface area contributed by atoms with E-state index >= 15 is 0 Å². The summed E-state index contributed by atoms with van der Waals surface area (Å²) in [5, 5.41) is 0. The molecule has 3 aromatic rings. The van der Waals surface area contributed by atoms with Crippen molar-refractivity contribution in [3.63, 3.8) is 0 Å². The normalized spacial score (nSPS) is 12.7. The lowest BCUT2D eigenvalue weighted by Crippen LogP contribution is -2.11. The summed E-state index contributed by atoms with van der Waals surface area (Å²) < 4.78 is 94.9. The molecule has 0 unspecified atom stereocenters. The molecule has 0 atom stereocenters. The van der Waals surface area contributed by atoms with Gasteiger partial charge in [-0.05, 0) is 6.07 Å². The largest absolute Gasteiger partial charge is 0.486 e.